The summed E-state index contributed by atoms with van der Waals surface area (Å²) in [7, 11) is 0. The Hall–Kier alpha value is -2.36. The van der Waals surface area contributed by atoms with Crippen molar-refractivity contribution in [1.29, 1.82) is 0 Å². The first-order valence-corrected chi connectivity index (χ1v) is 9.11. The Bertz CT molecular complexity index is 833. The van der Waals surface area contributed by atoms with E-state index in [1.807, 2.05) is 17.9 Å². The molecule has 25 heavy (non-hydrogen) atoms. The van der Waals surface area contributed by atoms with Crippen molar-refractivity contribution in [3.63, 3.8) is 0 Å². The zero-order chi connectivity index (χ0) is 17.1. The fourth-order valence-corrected chi connectivity index (χ4v) is 4.59. The first kappa shape index (κ1) is 14.9. The van der Waals surface area contributed by atoms with Gasteiger partial charge in [-0.25, -0.2) is 0 Å². The third kappa shape index (κ3) is 2.27. The van der Waals surface area contributed by atoms with Gasteiger partial charge in [-0.05, 0) is 49.3 Å². The summed E-state index contributed by atoms with van der Waals surface area (Å²) >= 11 is 0. The lowest BCUT2D eigenvalue weighted by Crippen LogP contribution is -2.37. The molecule has 3 unspecified atom stereocenters. The molecule has 0 N–H and O–H groups in total. The van der Waals surface area contributed by atoms with Gasteiger partial charge in [0.1, 0.15) is 0 Å². The van der Waals surface area contributed by atoms with E-state index < -0.39 is 0 Å². The predicted octanol–water partition coefficient (Wildman–Crippen LogP) is 3.09. The summed E-state index contributed by atoms with van der Waals surface area (Å²) in [6.45, 7) is 1.83. The fourth-order valence-electron chi connectivity index (χ4n) is 4.59. The summed E-state index contributed by atoms with van der Waals surface area (Å²) in [6.07, 6.45) is 6.74. The number of hydrogen-bond donors (Lipinski definition) is 0. The van der Waals surface area contributed by atoms with Crippen LogP contribution in [0.15, 0.2) is 47.7 Å². The molecule has 0 radical (unpaired) electrons. The average Bonchev–Trinajstić information content (AvgIpc) is 3.22. The van der Waals surface area contributed by atoms with Gasteiger partial charge < -0.3 is 4.74 Å². The molecule has 4 aliphatic rings. The number of hydrogen-bond acceptors (Lipinski definition) is 3. The van der Waals surface area contributed by atoms with E-state index in [0.29, 0.717) is 18.4 Å². The molecule has 0 spiro atoms. The highest BCUT2D eigenvalue weighted by atomic mass is 16.5. The SMILES string of the molecule is CC1=CC(O/C=C2/C(=O)CC3c4ccccc4CC23)N(C2CC2)C1=O. The van der Waals surface area contributed by atoms with Gasteiger partial charge >= 0.3 is 0 Å². The monoisotopic (exact) mass is 335 g/mol. The van der Waals surface area contributed by atoms with Crippen molar-refractivity contribution in [3.8, 4) is 0 Å². The number of Topliss-reactive ketones (excluding diaryl/α,β-unsaturated/α-hetero) is 1. The molecule has 0 bridgehead atoms. The zero-order valence-corrected chi connectivity index (χ0v) is 14.3. The Morgan fingerprint density at radius 3 is 2.72 bits per heavy atom. The molecule has 1 heterocycles. The number of carbonyl (C=O) groups excluding carboxylic acids is 2. The topological polar surface area (TPSA) is 46.6 Å². The second kappa shape index (κ2) is 5.32. The third-order valence-electron chi connectivity index (χ3n) is 6.02. The third-order valence-corrected chi connectivity index (χ3v) is 6.02. The average molecular weight is 335 g/mol. The molecule has 4 nitrogen and oxygen atoms in total. The van der Waals surface area contributed by atoms with Crippen LogP contribution >= 0.6 is 0 Å². The van der Waals surface area contributed by atoms with Crippen molar-refractivity contribution in [1.82, 2.24) is 4.90 Å². The van der Waals surface area contributed by atoms with Crippen LogP contribution in [0.4, 0.5) is 0 Å². The molecule has 1 aliphatic heterocycles. The van der Waals surface area contributed by atoms with E-state index in [4.69, 9.17) is 4.74 Å². The van der Waals surface area contributed by atoms with Crippen LogP contribution in [0.25, 0.3) is 0 Å². The highest BCUT2D eigenvalue weighted by Gasteiger charge is 2.45. The zero-order valence-electron chi connectivity index (χ0n) is 14.3. The van der Waals surface area contributed by atoms with E-state index in [-0.39, 0.29) is 23.8 Å². The Balaban J connectivity index is 1.39. The standard InChI is InChI=1S/C21H21NO3/c1-12-8-20(22(21(12)24)14-6-7-14)25-11-18-16-9-13-4-2-3-5-15(13)17(16)10-19(18)23/h2-5,8,11,14,16-17,20H,6-7,9-10H2,1H3/b18-11+. The van der Waals surface area contributed by atoms with Crippen molar-refractivity contribution >= 4 is 11.7 Å². The van der Waals surface area contributed by atoms with Gasteiger partial charge in [-0.15, -0.1) is 0 Å². The summed E-state index contributed by atoms with van der Waals surface area (Å²) in [6, 6.07) is 8.72. The lowest BCUT2D eigenvalue weighted by Gasteiger charge is -2.24. The first-order chi connectivity index (χ1) is 12.1. The Kier molecular flexibility index (Phi) is 3.18. The van der Waals surface area contributed by atoms with Gasteiger partial charge in [0.2, 0.25) is 0 Å². The van der Waals surface area contributed by atoms with Gasteiger partial charge in [0.15, 0.2) is 12.0 Å². The van der Waals surface area contributed by atoms with E-state index in [1.54, 1.807) is 6.26 Å². The summed E-state index contributed by atoms with van der Waals surface area (Å²) in [5, 5.41) is 0. The molecular weight excluding hydrogens is 314 g/mol. The maximum absolute atomic E-state index is 12.5. The van der Waals surface area contributed by atoms with E-state index in [0.717, 1.165) is 30.4 Å². The van der Waals surface area contributed by atoms with E-state index in [1.165, 1.54) is 11.1 Å². The maximum Gasteiger partial charge on any atom is 0.252 e. The van der Waals surface area contributed by atoms with Crippen molar-refractivity contribution in [2.75, 3.05) is 0 Å². The molecule has 128 valence electrons. The number of ether oxygens (including phenoxy) is 1. The van der Waals surface area contributed by atoms with Crippen LogP contribution in [0, 0.1) is 5.92 Å². The first-order valence-electron chi connectivity index (χ1n) is 9.11. The number of carbonyl (C=O) groups is 2. The molecule has 0 saturated heterocycles. The summed E-state index contributed by atoms with van der Waals surface area (Å²) < 4.78 is 5.96. The molecule has 2 fully saturated rings. The summed E-state index contributed by atoms with van der Waals surface area (Å²) in [5.41, 5.74) is 4.19. The van der Waals surface area contributed by atoms with Crippen molar-refractivity contribution in [2.45, 2.75) is 50.8 Å². The second-order valence-corrected chi connectivity index (χ2v) is 7.64. The Morgan fingerprint density at radius 1 is 1.12 bits per heavy atom. The van der Waals surface area contributed by atoms with Gasteiger partial charge in [0, 0.05) is 29.5 Å². The van der Waals surface area contributed by atoms with E-state index in [2.05, 4.69) is 24.3 Å². The van der Waals surface area contributed by atoms with Crippen LogP contribution in [0.1, 0.15) is 43.2 Å². The molecule has 1 aromatic carbocycles. The molecule has 1 amide bonds. The van der Waals surface area contributed by atoms with Crippen LogP contribution in [0.3, 0.4) is 0 Å². The molecule has 0 aromatic heterocycles. The predicted molar refractivity (Wildman–Crippen MR) is 92.6 cm³/mol. The van der Waals surface area contributed by atoms with Crippen LogP contribution in [-0.2, 0) is 20.7 Å². The number of ketones is 1. The molecular formula is C21H21NO3. The highest BCUT2D eigenvalue weighted by Crippen LogP contribution is 2.49. The number of benzene rings is 1. The molecule has 3 aliphatic carbocycles. The maximum atomic E-state index is 12.5. The molecule has 5 rings (SSSR count). The second-order valence-electron chi connectivity index (χ2n) is 7.64. The van der Waals surface area contributed by atoms with Crippen molar-refractivity contribution in [2.24, 2.45) is 5.92 Å². The Labute approximate surface area is 147 Å². The van der Waals surface area contributed by atoms with Crippen molar-refractivity contribution < 1.29 is 14.3 Å². The van der Waals surface area contributed by atoms with Gasteiger partial charge in [-0.1, -0.05) is 24.3 Å². The van der Waals surface area contributed by atoms with Gasteiger partial charge in [0.05, 0.1) is 6.26 Å². The van der Waals surface area contributed by atoms with Crippen LogP contribution < -0.4 is 0 Å². The molecule has 3 atom stereocenters. The minimum Gasteiger partial charge on any atom is -0.474 e. The highest BCUT2D eigenvalue weighted by molar-refractivity contribution is 5.99. The molecule has 4 heteroatoms. The van der Waals surface area contributed by atoms with Gasteiger partial charge in [-0.2, -0.15) is 0 Å². The van der Waals surface area contributed by atoms with Gasteiger partial charge in [-0.3, -0.25) is 14.5 Å². The minimum atomic E-state index is -0.358. The minimum absolute atomic E-state index is 0.0646. The van der Waals surface area contributed by atoms with Crippen molar-refractivity contribution in [3.05, 3.63) is 58.9 Å². The lowest BCUT2D eigenvalue weighted by molar-refractivity contribution is -0.132. The molecule has 2 saturated carbocycles. The smallest absolute Gasteiger partial charge is 0.252 e. The summed E-state index contributed by atoms with van der Waals surface area (Å²) in [4.78, 5) is 26.6. The summed E-state index contributed by atoms with van der Waals surface area (Å²) in [5.74, 6) is 0.768. The Morgan fingerprint density at radius 2 is 1.92 bits per heavy atom. The van der Waals surface area contributed by atoms with E-state index >= 15 is 0 Å². The number of allylic oxidation sites excluding steroid dienone is 1. The van der Waals surface area contributed by atoms with Gasteiger partial charge in [0.25, 0.3) is 5.91 Å². The largest absolute Gasteiger partial charge is 0.474 e. The normalized spacial score (nSPS) is 32.2. The van der Waals surface area contributed by atoms with Crippen LogP contribution in [0.2, 0.25) is 0 Å². The number of fused-ring (bicyclic) bond motifs is 3. The van der Waals surface area contributed by atoms with Crippen LogP contribution in [-0.4, -0.2) is 28.9 Å². The number of nitrogens with zero attached hydrogens (tertiary/aromatic N) is 1. The molecule has 1 aromatic rings. The fraction of sp³-hybridized carbons (Fsp3) is 0.429. The quantitative estimate of drug-likeness (QED) is 0.630. The lowest BCUT2D eigenvalue weighted by atomic mass is 9.95. The van der Waals surface area contributed by atoms with Crippen LogP contribution in [0.5, 0.6) is 0 Å². The van der Waals surface area contributed by atoms with E-state index in [9.17, 15) is 9.59 Å². The number of rotatable bonds is 3. The number of amides is 1.